The predicted molar refractivity (Wildman–Crippen MR) is 28.7 cm³/mol. The van der Waals surface area contributed by atoms with E-state index in [1.165, 1.54) is 0 Å². The SMILES string of the molecule is O=C(NCO)OCCO. The number of rotatable bonds is 3. The summed E-state index contributed by atoms with van der Waals surface area (Å²) in [5.74, 6) is 0. The van der Waals surface area contributed by atoms with E-state index in [0.717, 1.165) is 0 Å². The molecule has 0 rings (SSSR count). The van der Waals surface area contributed by atoms with Crippen LogP contribution < -0.4 is 5.32 Å². The number of hydrogen-bond donors (Lipinski definition) is 3. The molecule has 0 spiro atoms. The minimum atomic E-state index is -0.730. The Morgan fingerprint density at radius 1 is 1.56 bits per heavy atom. The minimum Gasteiger partial charge on any atom is -0.447 e. The first-order valence-electron chi connectivity index (χ1n) is 2.43. The number of hydrogen-bond acceptors (Lipinski definition) is 4. The summed E-state index contributed by atoms with van der Waals surface area (Å²) in [7, 11) is 0. The van der Waals surface area contributed by atoms with Crippen molar-refractivity contribution in [1.29, 1.82) is 0 Å². The molecule has 0 saturated carbocycles. The largest absolute Gasteiger partial charge is 0.447 e. The highest BCUT2D eigenvalue weighted by molar-refractivity contribution is 5.66. The average Bonchev–Trinajstić information content (AvgIpc) is 1.85. The van der Waals surface area contributed by atoms with Crippen molar-refractivity contribution in [3.05, 3.63) is 0 Å². The molecule has 5 nitrogen and oxygen atoms in total. The first-order chi connectivity index (χ1) is 4.31. The molecule has 9 heavy (non-hydrogen) atoms. The van der Waals surface area contributed by atoms with Gasteiger partial charge in [0.25, 0.3) is 0 Å². The van der Waals surface area contributed by atoms with E-state index in [1.54, 1.807) is 0 Å². The molecule has 0 aliphatic rings. The summed E-state index contributed by atoms with van der Waals surface area (Å²) in [4.78, 5) is 10.2. The molecule has 1 amide bonds. The molecule has 3 N–H and O–H groups in total. The van der Waals surface area contributed by atoms with Gasteiger partial charge in [0.05, 0.1) is 6.61 Å². The number of nitrogens with one attached hydrogen (secondary N) is 1. The summed E-state index contributed by atoms with van der Waals surface area (Å²) in [6.45, 7) is -0.713. The lowest BCUT2D eigenvalue weighted by molar-refractivity contribution is 0.110. The van der Waals surface area contributed by atoms with Crippen LogP contribution in [0.1, 0.15) is 0 Å². The molecule has 5 heteroatoms. The zero-order valence-corrected chi connectivity index (χ0v) is 4.83. The van der Waals surface area contributed by atoms with Gasteiger partial charge in [0.1, 0.15) is 13.3 Å². The van der Waals surface area contributed by atoms with Gasteiger partial charge < -0.3 is 14.9 Å². The van der Waals surface area contributed by atoms with Crippen LogP contribution in [0.5, 0.6) is 0 Å². The maximum Gasteiger partial charge on any atom is 0.409 e. The smallest absolute Gasteiger partial charge is 0.409 e. The van der Waals surface area contributed by atoms with Gasteiger partial charge in [0.2, 0.25) is 0 Å². The standard InChI is InChI=1S/C4H9NO4/c6-1-2-9-4(8)5-3-7/h6-7H,1-3H2,(H,5,8). The van der Waals surface area contributed by atoms with Crippen LogP contribution in [0.4, 0.5) is 4.79 Å². The maximum atomic E-state index is 10.2. The van der Waals surface area contributed by atoms with Crippen LogP contribution in [0.15, 0.2) is 0 Å². The van der Waals surface area contributed by atoms with Crippen LogP contribution in [0.25, 0.3) is 0 Å². The number of carbonyl (C=O) groups excluding carboxylic acids is 1. The van der Waals surface area contributed by atoms with Crippen molar-refractivity contribution in [2.45, 2.75) is 0 Å². The van der Waals surface area contributed by atoms with Gasteiger partial charge in [-0.3, -0.25) is 5.32 Å². The normalized spacial score (nSPS) is 8.67. The highest BCUT2D eigenvalue weighted by Gasteiger charge is 1.95. The van der Waals surface area contributed by atoms with Gasteiger partial charge in [-0.05, 0) is 0 Å². The Bertz CT molecular complexity index is 84.6. The molecule has 0 radical (unpaired) electrons. The van der Waals surface area contributed by atoms with Crippen molar-refractivity contribution in [1.82, 2.24) is 5.32 Å². The first kappa shape index (κ1) is 8.19. The molecule has 0 aromatic rings. The second-order valence-electron chi connectivity index (χ2n) is 1.19. The van der Waals surface area contributed by atoms with Crippen molar-refractivity contribution in [3.8, 4) is 0 Å². The van der Waals surface area contributed by atoms with E-state index >= 15 is 0 Å². The third-order valence-corrected chi connectivity index (χ3v) is 0.548. The Balaban J connectivity index is 3.06. The second kappa shape index (κ2) is 5.33. The third kappa shape index (κ3) is 5.05. The Labute approximate surface area is 52.2 Å². The number of amides is 1. The van der Waals surface area contributed by atoms with E-state index in [9.17, 15) is 4.79 Å². The summed E-state index contributed by atoms with van der Waals surface area (Å²) >= 11 is 0. The monoisotopic (exact) mass is 135 g/mol. The molecule has 0 bridgehead atoms. The van der Waals surface area contributed by atoms with Gasteiger partial charge >= 0.3 is 6.09 Å². The van der Waals surface area contributed by atoms with E-state index in [0.29, 0.717) is 0 Å². The topological polar surface area (TPSA) is 78.8 Å². The summed E-state index contributed by atoms with van der Waals surface area (Å²) in [6.07, 6.45) is -0.730. The predicted octanol–water partition coefficient (Wildman–Crippen LogP) is -1.35. The summed E-state index contributed by atoms with van der Waals surface area (Å²) in [5, 5.41) is 18.1. The number of alkyl carbamates (subject to hydrolysis) is 1. The first-order valence-corrected chi connectivity index (χ1v) is 2.43. The zero-order valence-electron chi connectivity index (χ0n) is 4.83. The quantitative estimate of drug-likeness (QED) is 0.418. The molecule has 0 saturated heterocycles. The fourth-order valence-corrected chi connectivity index (χ4v) is 0.254. The fraction of sp³-hybridized carbons (Fsp3) is 0.750. The Kier molecular flexibility index (Phi) is 4.85. The Hall–Kier alpha value is -0.810. The van der Waals surface area contributed by atoms with Crippen molar-refractivity contribution < 1.29 is 19.7 Å². The van der Waals surface area contributed by atoms with Crippen molar-refractivity contribution >= 4 is 6.09 Å². The minimum absolute atomic E-state index is 0.0498. The Morgan fingerprint density at radius 2 is 2.22 bits per heavy atom. The van der Waals surface area contributed by atoms with Crippen molar-refractivity contribution in [3.63, 3.8) is 0 Å². The van der Waals surface area contributed by atoms with Gasteiger partial charge in [0.15, 0.2) is 0 Å². The van der Waals surface area contributed by atoms with Gasteiger partial charge in [-0.2, -0.15) is 0 Å². The molecule has 0 aliphatic heterocycles. The lowest BCUT2D eigenvalue weighted by Crippen LogP contribution is -2.25. The molecule has 0 aromatic heterocycles. The van der Waals surface area contributed by atoms with Gasteiger partial charge in [0, 0.05) is 0 Å². The lowest BCUT2D eigenvalue weighted by atomic mass is 10.8. The highest BCUT2D eigenvalue weighted by atomic mass is 16.6. The molecule has 0 aliphatic carbocycles. The van der Waals surface area contributed by atoms with Gasteiger partial charge in [-0.1, -0.05) is 0 Å². The Morgan fingerprint density at radius 3 is 2.67 bits per heavy atom. The number of ether oxygens (including phenoxy) is 1. The van der Waals surface area contributed by atoms with E-state index < -0.39 is 12.8 Å². The van der Waals surface area contributed by atoms with E-state index in [2.05, 4.69) is 4.74 Å². The van der Waals surface area contributed by atoms with E-state index in [-0.39, 0.29) is 13.2 Å². The van der Waals surface area contributed by atoms with Crippen LogP contribution in [0, 0.1) is 0 Å². The molecule has 0 atom stereocenters. The average molecular weight is 135 g/mol. The number of carbonyl (C=O) groups is 1. The van der Waals surface area contributed by atoms with E-state index in [4.69, 9.17) is 10.2 Å². The van der Waals surface area contributed by atoms with Crippen molar-refractivity contribution in [2.75, 3.05) is 19.9 Å². The molecular formula is C4H9NO4. The number of aliphatic hydroxyl groups excluding tert-OH is 2. The summed E-state index contributed by atoms with van der Waals surface area (Å²) < 4.78 is 4.27. The van der Waals surface area contributed by atoms with Crippen LogP contribution in [0.3, 0.4) is 0 Å². The van der Waals surface area contributed by atoms with Crippen LogP contribution in [-0.2, 0) is 4.74 Å². The number of aliphatic hydroxyl groups is 2. The van der Waals surface area contributed by atoms with Gasteiger partial charge in [-0.15, -0.1) is 0 Å². The molecule has 0 heterocycles. The zero-order chi connectivity index (χ0) is 7.11. The van der Waals surface area contributed by atoms with Crippen LogP contribution in [0.2, 0.25) is 0 Å². The molecule has 0 aromatic carbocycles. The summed E-state index contributed by atoms with van der Waals surface area (Å²) in [6, 6.07) is 0. The third-order valence-electron chi connectivity index (χ3n) is 0.548. The molecule has 0 fully saturated rings. The molecular weight excluding hydrogens is 126 g/mol. The van der Waals surface area contributed by atoms with Gasteiger partial charge in [-0.25, -0.2) is 4.79 Å². The van der Waals surface area contributed by atoms with Crippen LogP contribution in [-0.4, -0.2) is 36.3 Å². The van der Waals surface area contributed by atoms with Crippen molar-refractivity contribution in [2.24, 2.45) is 0 Å². The lowest BCUT2D eigenvalue weighted by Gasteiger charge is -2.00. The molecule has 0 unspecified atom stereocenters. The van der Waals surface area contributed by atoms with Crippen LogP contribution >= 0.6 is 0 Å². The maximum absolute atomic E-state index is 10.2. The van der Waals surface area contributed by atoms with E-state index in [1.807, 2.05) is 5.32 Å². The second-order valence-corrected chi connectivity index (χ2v) is 1.19. The highest BCUT2D eigenvalue weighted by Crippen LogP contribution is 1.73. The summed E-state index contributed by atoms with van der Waals surface area (Å²) in [5.41, 5.74) is 0. The molecule has 54 valence electrons. The fourth-order valence-electron chi connectivity index (χ4n) is 0.254.